The molecule has 3 N–H and O–H groups in total. The van der Waals surface area contributed by atoms with E-state index in [4.69, 9.17) is 10.5 Å². The third-order valence-corrected chi connectivity index (χ3v) is 2.35. The van der Waals surface area contributed by atoms with Gasteiger partial charge in [-0.1, -0.05) is 12.1 Å². The van der Waals surface area contributed by atoms with Crippen molar-refractivity contribution >= 4 is 5.91 Å². The summed E-state index contributed by atoms with van der Waals surface area (Å²) in [6.07, 6.45) is 0. The number of benzene rings is 1. The fourth-order valence-electron chi connectivity index (χ4n) is 1.32. The molecular weight excluding hydrogens is 204 g/mol. The van der Waals surface area contributed by atoms with Crippen molar-refractivity contribution in [2.45, 2.75) is 26.4 Å². The van der Waals surface area contributed by atoms with Crippen LogP contribution in [0.15, 0.2) is 18.2 Å². The van der Waals surface area contributed by atoms with Gasteiger partial charge in [0.05, 0.1) is 13.2 Å². The highest BCUT2D eigenvalue weighted by molar-refractivity contribution is 5.80. The zero-order chi connectivity index (χ0) is 12.1. The molecule has 0 aromatic heterocycles. The van der Waals surface area contributed by atoms with E-state index in [0.29, 0.717) is 6.54 Å². The van der Waals surface area contributed by atoms with Crippen LogP contribution in [0, 0.1) is 6.92 Å². The average molecular weight is 222 g/mol. The second-order valence-corrected chi connectivity index (χ2v) is 3.81. The number of carbonyl (C=O) groups excluding carboxylic acids is 1. The molecule has 0 bridgehead atoms. The first-order valence-corrected chi connectivity index (χ1v) is 5.21. The maximum Gasteiger partial charge on any atom is 0.236 e. The summed E-state index contributed by atoms with van der Waals surface area (Å²) in [5.41, 5.74) is 7.51. The molecule has 0 aliphatic carbocycles. The molecule has 1 rings (SSSR count). The lowest BCUT2D eigenvalue weighted by atomic mass is 10.1. The summed E-state index contributed by atoms with van der Waals surface area (Å²) in [5.74, 6) is 0.673. The Morgan fingerprint density at radius 3 is 2.81 bits per heavy atom. The fraction of sp³-hybridized carbons (Fsp3) is 0.417. The Kier molecular flexibility index (Phi) is 4.31. The second-order valence-electron chi connectivity index (χ2n) is 3.81. The van der Waals surface area contributed by atoms with Gasteiger partial charge in [-0.05, 0) is 31.0 Å². The van der Waals surface area contributed by atoms with Crippen LogP contribution in [-0.2, 0) is 11.3 Å². The van der Waals surface area contributed by atoms with E-state index < -0.39 is 6.04 Å². The molecule has 0 aliphatic heterocycles. The maximum absolute atomic E-state index is 11.3. The van der Waals surface area contributed by atoms with Gasteiger partial charge in [-0.2, -0.15) is 0 Å². The van der Waals surface area contributed by atoms with Crippen molar-refractivity contribution in [3.05, 3.63) is 29.3 Å². The monoisotopic (exact) mass is 222 g/mol. The molecule has 0 radical (unpaired) electrons. The number of nitrogens with two attached hydrogens (primary N) is 1. The molecule has 0 saturated heterocycles. The second kappa shape index (κ2) is 5.51. The van der Waals surface area contributed by atoms with Crippen molar-refractivity contribution < 1.29 is 9.53 Å². The van der Waals surface area contributed by atoms with Gasteiger partial charge in [-0.15, -0.1) is 0 Å². The summed E-state index contributed by atoms with van der Waals surface area (Å²) >= 11 is 0. The highest BCUT2D eigenvalue weighted by atomic mass is 16.5. The van der Waals surface area contributed by atoms with Crippen LogP contribution in [0.3, 0.4) is 0 Å². The molecule has 0 unspecified atom stereocenters. The zero-order valence-corrected chi connectivity index (χ0v) is 9.91. The molecule has 16 heavy (non-hydrogen) atoms. The number of ether oxygens (including phenoxy) is 1. The lowest BCUT2D eigenvalue weighted by Gasteiger charge is -2.10. The lowest BCUT2D eigenvalue weighted by Crippen LogP contribution is -2.37. The topological polar surface area (TPSA) is 64.3 Å². The summed E-state index contributed by atoms with van der Waals surface area (Å²) in [5, 5.41) is 2.75. The van der Waals surface area contributed by atoms with E-state index in [0.717, 1.165) is 16.9 Å². The van der Waals surface area contributed by atoms with E-state index in [9.17, 15) is 4.79 Å². The highest BCUT2D eigenvalue weighted by Gasteiger charge is 2.07. The molecule has 4 heteroatoms. The first kappa shape index (κ1) is 12.5. The van der Waals surface area contributed by atoms with Gasteiger partial charge >= 0.3 is 0 Å². The predicted molar refractivity (Wildman–Crippen MR) is 63.2 cm³/mol. The molecule has 1 aromatic rings. The van der Waals surface area contributed by atoms with E-state index in [1.165, 1.54) is 0 Å². The number of amides is 1. The molecule has 0 saturated carbocycles. The van der Waals surface area contributed by atoms with Gasteiger partial charge in [0.15, 0.2) is 0 Å². The van der Waals surface area contributed by atoms with Crippen molar-refractivity contribution in [2.24, 2.45) is 5.73 Å². The number of aryl methyl sites for hydroxylation is 1. The Bertz CT molecular complexity index is 375. The van der Waals surface area contributed by atoms with Crippen LogP contribution in [0.25, 0.3) is 0 Å². The molecule has 0 heterocycles. The summed E-state index contributed by atoms with van der Waals surface area (Å²) in [6, 6.07) is 5.36. The largest absolute Gasteiger partial charge is 0.496 e. The number of hydrogen-bond acceptors (Lipinski definition) is 3. The molecular formula is C12H18N2O2. The van der Waals surface area contributed by atoms with Crippen molar-refractivity contribution in [2.75, 3.05) is 7.11 Å². The predicted octanol–water partition coefficient (Wildman–Crippen LogP) is 0.967. The van der Waals surface area contributed by atoms with E-state index in [1.807, 2.05) is 25.1 Å². The maximum atomic E-state index is 11.3. The van der Waals surface area contributed by atoms with Gasteiger partial charge in [0, 0.05) is 6.54 Å². The van der Waals surface area contributed by atoms with E-state index in [2.05, 4.69) is 5.32 Å². The van der Waals surface area contributed by atoms with Crippen LogP contribution in [0.1, 0.15) is 18.1 Å². The van der Waals surface area contributed by atoms with Crippen LogP contribution in [0.4, 0.5) is 0 Å². The molecule has 0 aliphatic rings. The van der Waals surface area contributed by atoms with E-state index in [-0.39, 0.29) is 5.91 Å². The Morgan fingerprint density at radius 1 is 1.56 bits per heavy atom. The summed E-state index contributed by atoms with van der Waals surface area (Å²) in [4.78, 5) is 11.3. The van der Waals surface area contributed by atoms with Crippen molar-refractivity contribution in [3.8, 4) is 5.75 Å². The van der Waals surface area contributed by atoms with Gasteiger partial charge in [-0.25, -0.2) is 0 Å². The highest BCUT2D eigenvalue weighted by Crippen LogP contribution is 2.18. The van der Waals surface area contributed by atoms with Crippen molar-refractivity contribution in [3.63, 3.8) is 0 Å². The van der Waals surface area contributed by atoms with E-state index in [1.54, 1.807) is 14.0 Å². The molecule has 1 amide bonds. The lowest BCUT2D eigenvalue weighted by molar-refractivity contribution is -0.122. The van der Waals surface area contributed by atoms with Crippen LogP contribution in [-0.4, -0.2) is 19.1 Å². The van der Waals surface area contributed by atoms with Gasteiger partial charge in [0.25, 0.3) is 0 Å². The molecule has 0 spiro atoms. The smallest absolute Gasteiger partial charge is 0.236 e. The van der Waals surface area contributed by atoms with Crippen molar-refractivity contribution in [1.29, 1.82) is 0 Å². The molecule has 1 atom stereocenters. The summed E-state index contributed by atoms with van der Waals surface area (Å²) in [6.45, 7) is 4.10. The Morgan fingerprint density at radius 2 is 2.25 bits per heavy atom. The fourth-order valence-corrected chi connectivity index (χ4v) is 1.32. The normalized spacial score (nSPS) is 12.0. The number of nitrogens with one attached hydrogen (secondary N) is 1. The van der Waals surface area contributed by atoms with Gasteiger partial charge in [0.1, 0.15) is 5.75 Å². The minimum Gasteiger partial charge on any atom is -0.496 e. The molecule has 0 fully saturated rings. The Balaban J connectivity index is 2.64. The van der Waals surface area contributed by atoms with Crippen LogP contribution in [0.5, 0.6) is 5.75 Å². The van der Waals surface area contributed by atoms with Gasteiger partial charge in [0.2, 0.25) is 5.91 Å². The number of methoxy groups -OCH3 is 1. The first-order valence-electron chi connectivity index (χ1n) is 5.21. The molecule has 4 nitrogen and oxygen atoms in total. The zero-order valence-electron chi connectivity index (χ0n) is 9.91. The van der Waals surface area contributed by atoms with Gasteiger partial charge in [-0.3, -0.25) is 4.79 Å². The van der Waals surface area contributed by atoms with Gasteiger partial charge < -0.3 is 15.8 Å². The van der Waals surface area contributed by atoms with Crippen molar-refractivity contribution in [1.82, 2.24) is 5.32 Å². The Labute approximate surface area is 95.8 Å². The molecule has 88 valence electrons. The van der Waals surface area contributed by atoms with Crippen LogP contribution in [0.2, 0.25) is 0 Å². The summed E-state index contributed by atoms with van der Waals surface area (Å²) < 4.78 is 5.20. The quantitative estimate of drug-likeness (QED) is 0.797. The summed E-state index contributed by atoms with van der Waals surface area (Å²) in [7, 11) is 1.63. The third-order valence-electron chi connectivity index (χ3n) is 2.35. The van der Waals surface area contributed by atoms with E-state index >= 15 is 0 Å². The number of rotatable bonds is 4. The minimum absolute atomic E-state index is 0.153. The average Bonchev–Trinajstić information content (AvgIpc) is 2.27. The number of carbonyl (C=O) groups is 1. The third kappa shape index (κ3) is 3.24. The van der Waals surface area contributed by atoms with Crippen LogP contribution < -0.4 is 15.8 Å². The molecule has 1 aromatic carbocycles. The number of hydrogen-bond donors (Lipinski definition) is 2. The van der Waals surface area contributed by atoms with Crippen LogP contribution >= 0.6 is 0 Å². The first-order chi connectivity index (χ1) is 7.54. The standard InChI is InChI=1S/C12H18N2O2/c1-8-4-5-10(6-11(8)16-3)7-14-12(15)9(2)13/h4-6,9H,7,13H2,1-3H3,(H,14,15)/t9-/m0/s1. The Hall–Kier alpha value is -1.55. The SMILES string of the molecule is COc1cc(CNC(=O)[C@H](C)N)ccc1C. The minimum atomic E-state index is -0.479.